The van der Waals surface area contributed by atoms with E-state index in [0.29, 0.717) is 36.7 Å². The minimum Gasteiger partial charge on any atom is -0.466 e. The topological polar surface area (TPSA) is 162 Å². The molecule has 344 valence electrons. The second-order valence-electron chi connectivity index (χ2n) is 17.3. The lowest BCUT2D eigenvalue weighted by Gasteiger charge is -2.24. The number of aliphatic hydroxyl groups excluding tert-OH is 2. The molecule has 4 atom stereocenters. The van der Waals surface area contributed by atoms with Crippen molar-refractivity contribution in [1.82, 2.24) is 0 Å². The van der Waals surface area contributed by atoms with Gasteiger partial charge in [-0.1, -0.05) is 103 Å². The standard InChI is InChI=1S/C46H84NO11P/c1-8-10-12-13-17-23-28-41(48)42(49)29-24-18-16-21-27-33-46(51)57-40(37-56-59(52,53)55-35-34-47(5,6)7)36-54-45(50)32-26-20-15-14-19-25-31-44-39(4)38(3)43(58-44)30-22-11-9-2/h17,23,40-42,48-49H,8-16,18-22,24-37H2,1-7H3/p+1/b23-17-/t40-,41+,42+/m1/s1. The number of carbonyl (C=O) groups is 2. The van der Waals surface area contributed by atoms with E-state index in [-0.39, 0.29) is 26.1 Å². The molecule has 0 saturated carbocycles. The molecule has 0 aromatic carbocycles. The van der Waals surface area contributed by atoms with E-state index in [0.717, 1.165) is 95.0 Å². The number of unbranched alkanes of at least 4 members (excludes halogenated alkanes) is 14. The van der Waals surface area contributed by atoms with Crippen LogP contribution in [0, 0.1) is 13.8 Å². The molecule has 1 rings (SSSR count). The Balaban J connectivity index is 2.42. The van der Waals surface area contributed by atoms with Crippen LogP contribution in [0.25, 0.3) is 0 Å². The fourth-order valence-corrected chi connectivity index (χ4v) is 7.37. The van der Waals surface area contributed by atoms with Crippen LogP contribution in [0.5, 0.6) is 0 Å². The largest absolute Gasteiger partial charge is 0.472 e. The number of rotatable bonds is 38. The number of ether oxygens (including phenoxy) is 2. The SMILES string of the molecule is CCCCC/C=C\C[C@H](O)[C@@H](O)CCCCCCCC(=O)O[C@H](COC(=O)CCCCCCCCc1oc(CCCCC)c(C)c1C)COP(=O)(O)OCC[N+](C)(C)C. The van der Waals surface area contributed by atoms with Crippen molar-refractivity contribution >= 4 is 19.8 Å². The summed E-state index contributed by atoms with van der Waals surface area (Å²) in [6.45, 7) is 8.43. The molecule has 0 fully saturated rings. The van der Waals surface area contributed by atoms with Crippen LogP contribution >= 0.6 is 7.82 Å². The summed E-state index contributed by atoms with van der Waals surface area (Å²) < 4.78 is 40.5. The van der Waals surface area contributed by atoms with Crippen LogP contribution in [-0.4, -0.2) is 97.3 Å². The van der Waals surface area contributed by atoms with Gasteiger partial charge in [-0.2, -0.15) is 0 Å². The summed E-state index contributed by atoms with van der Waals surface area (Å²) in [5, 5.41) is 20.5. The molecule has 0 aliphatic rings. The molecule has 0 aliphatic carbocycles. The first-order valence-corrected chi connectivity index (χ1v) is 24.4. The fourth-order valence-electron chi connectivity index (χ4n) is 6.63. The van der Waals surface area contributed by atoms with Gasteiger partial charge in [0.1, 0.15) is 31.3 Å². The van der Waals surface area contributed by atoms with Crippen molar-refractivity contribution in [2.45, 2.75) is 200 Å². The monoisotopic (exact) mass is 859 g/mol. The van der Waals surface area contributed by atoms with Crippen molar-refractivity contribution in [3.63, 3.8) is 0 Å². The van der Waals surface area contributed by atoms with Crippen molar-refractivity contribution in [2.24, 2.45) is 0 Å². The summed E-state index contributed by atoms with van der Waals surface area (Å²) in [4.78, 5) is 35.6. The smallest absolute Gasteiger partial charge is 0.466 e. The quantitative estimate of drug-likeness (QED) is 0.0191. The number of phosphoric acid groups is 1. The second kappa shape index (κ2) is 32.6. The Labute approximate surface area is 358 Å². The molecule has 13 heteroatoms. The molecule has 0 bridgehead atoms. The van der Waals surface area contributed by atoms with Crippen LogP contribution in [0.4, 0.5) is 0 Å². The highest BCUT2D eigenvalue weighted by atomic mass is 31.2. The highest BCUT2D eigenvalue weighted by Gasteiger charge is 2.27. The van der Waals surface area contributed by atoms with Gasteiger partial charge in [-0.3, -0.25) is 18.6 Å². The first-order valence-electron chi connectivity index (χ1n) is 22.9. The number of likely N-dealkylation sites (N-methyl/N-ethyl adjacent to an activating group) is 1. The number of aliphatic hydroxyl groups is 2. The number of quaternary nitrogens is 1. The van der Waals surface area contributed by atoms with E-state index in [9.17, 15) is 29.3 Å². The molecule has 1 aromatic rings. The minimum atomic E-state index is -4.43. The zero-order valence-corrected chi connectivity index (χ0v) is 39.1. The number of allylic oxidation sites excluding steroid dienone is 1. The van der Waals surface area contributed by atoms with E-state index in [4.69, 9.17) is 22.9 Å². The van der Waals surface area contributed by atoms with Gasteiger partial charge in [0, 0.05) is 25.7 Å². The van der Waals surface area contributed by atoms with Gasteiger partial charge in [-0.05, 0) is 76.3 Å². The molecule has 12 nitrogen and oxygen atoms in total. The highest BCUT2D eigenvalue weighted by molar-refractivity contribution is 7.47. The average molecular weight is 859 g/mol. The fraction of sp³-hybridized carbons (Fsp3) is 0.826. The summed E-state index contributed by atoms with van der Waals surface area (Å²) in [6, 6.07) is 0. The number of carbonyl (C=O) groups excluding carboxylic acids is 2. The number of nitrogens with zero attached hydrogens (tertiary/aromatic N) is 1. The van der Waals surface area contributed by atoms with Gasteiger partial charge in [0.05, 0.1) is 40.0 Å². The maximum absolute atomic E-state index is 12.7. The number of hydrogen-bond acceptors (Lipinski definition) is 10. The zero-order chi connectivity index (χ0) is 43.9. The molecule has 0 spiro atoms. The molecule has 59 heavy (non-hydrogen) atoms. The molecule has 1 heterocycles. The third kappa shape index (κ3) is 29.0. The Morgan fingerprint density at radius 2 is 1.24 bits per heavy atom. The van der Waals surface area contributed by atoms with Gasteiger partial charge >= 0.3 is 19.8 Å². The average Bonchev–Trinajstić information content (AvgIpc) is 3.44. The Morgan fingerprint density at radius 1 is 0.695 bits per heavy atom. The Hall–Kier alpha value is -2.05. The van der Waals surface area contributed by atoms with Gasteiger partial charge in [0.15, 0.2) is 6.10 Å². The Bertz CT molecular complexity index is 1320. The molecule has 0 amide bonds. The van der Waals surface area contributed by atoms with E-state index >= 15 is 0 Å². The minimum absolute atomic E-state index is 0.00379. The van der Waals surface area contributed by atoms with Crippen molar-refractivity contribution in [3.8, 4) is 0 Å². The lowest BCUT2D eigenvalue weighted by molar-refractivity contribution is -0.870. The Morgan fingerprint density at radius 3 is 1.85 bits per heavy atom. The lowest BCUT2D eigenvalue weighted by atomic mass is 10.0. The number of hydrogen-bond donors (Lipinski definition) is 3. The maximum Gasteiger partial charge on any atom is 0.472 e. The highest BCUT2D eigenvalue weighted by Crippen LogP contribution is 2.43. The van der Waals surface area contributed by atoms with E-state index in [2.05, 4.69) is 33.8 Å². The van der Waals surface area contributed by atoms with Gasteiger partial charge in [-0.25, -0.2) is 4.57 Å². The van der Waals surface area contributed by atoms with Crippen molar-refractivity contribution < 1.29 is 56.7 Å². The molecule has 1 unspecified atom stereocenters. The number of phosphoric ester groups is 1. The number of furan rings is 1. The lowest BCUT2D eigenvalue weighted by Crippen LogP contribution is -2.37. The van der Waals surface area contributed by atoms with Crippen LogP contribution in [0.2, 0.25) is 0 Å². The van der Waals surface area contributed by atoms with Crippen LogP contribution < -0.4 is 0 Å². The van der Waals surface area contributed by atoms with Crippen LogP contribution in [0.3, 0.4) is 0 Å². The van der Waals surface area contributed by atoms with Crippen LogP contribution in [0.1, 0.15) is 178 Å². The zero-order valence-electron chi connectivity index (χ0n) is 38.2. The van der Waals surface area contributed by atoms with E-state index in [1.54, 1.807) is 0 Å². The maximum atomic E-state index is 12.7. The Kier molecular flexibility index (Phi) is 30.4. The molecule has 0 aliphatic heterocycles. The third-order valence-corrected chi connectivity index (χ3v) is 11.7. The third-order valence-electron chi connectivity index (χ3n) is 10.7. The summed E-state index contributed by atoms with van der Waals surface area (Å²) in [5.74, 6) is 1.32. The molecule has 0 saturated heterocycles. The molecular formula is C46H85NO11P+. The van der Waals surface area contributed by atoms with Gasteiger partial charge in [0.2, 0.25) is 0 Å². The van der Waals surface area contributed by atoms with E-state index in [1.807, 2.05) is 27.2 Å². The number of aryl methyl sites for hydroxylation is 2. The second-order valence-corrected chi connectivity index (χ2v) is 18.8. The number of esters is 2. The summed E-state index contributed by atoms with van der Waals surface area (Å²) in [5.41, 5.74) is 2.59. The van der Waals surface area contributed by atoms with E-state index in [1.165, 1.54) is 43.2 Å². The predicted molar refractivity (Wildman–Crippen MR) is 235 cm³/mol. The van der Waals surface area contributed by atoms with Gasteiger partial charge in [-0.15, -0.1) is 0 Å². The first-order chi connectivity index (χ1) is 28.1. The van der Waals surface area contributed by atoms with Gasteiger partial charge in [0.25, 0.3) is 0 Å². The first kappa shape index (κ1) is 55.0. The predicted octanol–water partition coefficient (Wildman–Crippen LogP) is 10.2. The summed E-state index contributed by atoms with van der Waals surface area (Å²) in [7, 11) is 1.36. The van der Waals surface area contributed by atoms with Crippen LogP contribution in [-0.2, 0) is 45.5 Å². The van der Waals surface area contributed by atoms with Crippen LogP contribution in [0.15, 0.2) is 16.6 Å². The summed E-state index contributed by atoms with van der Waals surface area (Å²) >= 11 is 0. The molecule has 0 radical (unpaired) electrons. The van der Waals surface area contributed by atoms with Crippen molar-refractivity contribution in [2.75, 3.05) is 47.5 Å². The molecular weight excluding hydrogens is 773 g/mol. The molecule has 3 N–H and O–H groups in total. The normalized spacial score (nSPS) is 14.7. The summed E-state index contributed by atoms with van der Waals surface area (Å²) in [6.07, 6.45) is 22.5. The van der Waals surface area contributed by atoms with Crippen molar-refractivity contribution in [3.05, 3.63) is 34.8 Å². The molecule has 1 aromatic heterocycles. The van der Waals surface area contributed by atoms with Gasteiger partial charge < -0.3 is 33.5 Å². The van der Waals surface area contributed by atoms with E-state index < -0.39 is 44.7 Å². The van der Waals surface area contributed by atoms with Crippen molar-refractivity contribution in [1.29, 1.82) is 0 Å².